The van der Waals surface area contributed by atoms with Gasteiger partial charge in [-0.05, 0) is 51.3 Å². The normalized spacial score (nSPS) is 16.3. The van der Waals surface area contributed by atoms with Gasteiger partial charge in [0, 0.05) is 7.05 Å². The Labute approximate surface area is 143 Å². The van der Waals surface area contributed by atoms with Crippen molar-refractivity contribution in [2.24, 2.45) is 7.05 Å². The molecule has 24 heavy (non-hydrogen) atoms. The summed E-state index contributed by atoms with van der Waals surface area (Å²) in [5, 5.41) is 7.37. The zero-order valence-corrected chi connectivity index (χ0v) is 14.7. The lowest BCUT2D eigenvalue weighted by Crippen LogP contribution is -2.38. The average molecular weight is 326 g/mol. The van der Waals surface area contributed by atoms with Gasteiger partial charge in [0.1, 0.15) is 0 Å². The molecule has 5 heteroatoms. The minimum Gasteiger partial charge on any atom is -0.322 e. The van der Waals surface area contributed by atoms with Crippen molar-refractivity contribution < 1.29 is 4.79 Å². The van der Waals surface area contributed by atoms with Gasteiger partial charge in [-0.15, -0.1) is 0 Å². The van der Waals surface area contributed by atoms with Crippen LogP contribution in [0.5, 0.6) is 0 Å². The monoisotopic (exact) mass is 326 g/mol. The molecule has 0 radical (unpaired) electrons. The van der Waals surface area contributed by atoms with E-state index in [0.717, 1.165) is 43.0 Å². The Balaban J connectivity index is 1.52. The number of amides is 1. The predicted molar refractivity (Wildman–Crippen MR) is 96.2 cm³/mol. The molecule has 128 valence electrons. The molecule has 0 spiro atoms. The Morgan fingerprint density at radius 3 is 2.46 bits per heavy atom. The van der Waals surface area contributed by atoms with Gasteiger partial charge in [0.15, 0.2) is 0 Å². The zero-order chi connectivity index (χ0) is 17.1. The molecule has 1 amide bonds. The summed E-state index contributed by atoms with van der Waals surface area (Å²) >= 11 is 0. The highest BCUT2D eigenvalue weighted by Gasteiger charge is 2.22. The van der Waals surface area contributed by atoms with Crippen LogP contribution in [0.25, 0.3) is 0 Å². The third kappa shape index (κ3) is 3.67. The van der Waals surface area contributed by atoms with Crippen LogP contribution >= 0.6 is 0 Å². The van der Waals surface area contributed by atoms with E-state index in [0.29, 0.717) is 12.5 Å². The van der Waals surface area contributed by atoms with Crippen LogP contribution in [0.15, 0.2) is 30.3 Å². The first-order valence-electron chi connectivity index (χ1n) is 8.62. The molecule has 5 nitrogen and oxygen atoms in total. The number of aromatic nitrogens is 2. The van der Waals surface area contributed by atoms with Gasteiger partial charge in [-0.25, -0.2) is 0 Å². The van der Waals surface area contributed by atoms with E-state index >= 15 is 0 Å². The lowest BCUT2D eigenvalue weighted by Gasteiger charge is -2.31. The SMILES string of the molecule is Cc1nn(C)c(C)c1NC(=O)CN1CCC(c2ccccc2)CC1. The molecule has 3 rings (SSSR count). The van der Waals surface area contributed by atoms with Crippen LogP contribution in [-0.4, -0.2) is 40.2 Å². The van der Waals surface area contributed by atoms with E-state index in [-0.39, 0.29) is 5.91 Å². The maximum Gasteiger partial charge on any atom is 0.238 e. The summed E-state index contributed by atoms with van der Waals surface area (Å²) in [5.74, 6) is 0.667. The Hall–Kier alpha value is -2.14. The van der Waals surface area contributed by atoms with E-state index in [1.165, 1.54) is 5.56 Å². The Morgan fingerprint density at radius 1 is 1.21 bits per heavy atom. The summed E-state index contributed by atoms with van der Waals surface area (Å²) in [6.45, 7) is 6.29. The minimum atomic E-state index is 0.0485. The molecule has 0 aliphatic carbocycles. The van der Waals surface area contributed by atoms with Gasteiger partial charge in [-0.1, -0.05) is 30.3 Å². The van der Waals surface area contributed by atoms with Crippen molar-refractivity contribution in [3.8, 4) is 0 Å². The molecule has 1 fully saturated rings. The van der Waals surface area contributed by atoms with Gasteiger partial charge in [-0.3, -0.25) is 14.4 Å². The van der Waals surface area contributed by atoms with Gasteiger partial charge in [0.25, 0.3) is 0 Å². The summed E-state index contributed by atoms with van der Waals surface area (Å²) in [6, 6.07) is 10.7. The van der Waals surface area contributed by atoms with Crippen molar-refractivity contribution >= 4 is 11.6 Å². The van der Waals surface area contributed by atoms with E-state index in [1.807, 2.05) is 20.9 Å². The highest BCUT2D eigenvalue weighted by atomic mass is 16.2. The third-order valence-corrected chi connectivity index (χ3v) is 5.00. The van der Waals surface area contributed by atoms with Crippen LogP contribution in [0.4, 0.5) is 5.69 Å². The van der Waals surface area contributed by atoms with E-state index in [9.17, 15) is 4.79 Å². The lowest BCUT2D eigenvalue weighted by atomic mass is 9.89. The zero-order valence-electron chi connectivity index (χ0n) is 14.7. The van der Waals surface area contributed by atoms with Crippen LogP contribution in [0.3, 0.4) is 0 Å². The van der Waals surface area contributed by atoms with Gasteiger partial charge >= 0.3 is 0 Å². The Morgan fingerprint density at radius 2 is 1.88 bits per heavy atom. The molecule has 0 atom stereocenters. The van der Waals surface area contributed by atoms with E-state index < -0.39 is 0 Å². The fourth-order valence-corrected chi connectivity index (χ4v) is 3.49. The molecule has 0 bridgehead atoms. The summed E-state index contributed by atoms with van der Waals surface area (Å²) in [7, 11) is 1.90. The van der Waals surface area contributed by atoms with Crippen LogP contribution in [0.2, 0.25) is 0 Å². The fourth-order valence-electron chi connectivity index (χ4n) is 3.49. The quantitative estimate of drug-likeness (QED) is 0.940. The number of nitrogens with one attached hydrogen (secondary N) is 1. The minimum absolute atomic E-state index is 0.0485. The molecule has 0 unspecified atom stereocenters. The first kappa shape index (κ1) is 16.7. The predicted octanol–water partition coefficient (Wildman–Crippen LogP) is 2.86. The molecule has 1 aromatic heterocycles. The highest BCUT2D eigenvalue weighted by Crippen LogP contribution is 2.27. The van der Waals surface area contributed by atoms with Crippen molar-refractivity contribution in [1.29, 1.82) is 0 Å². The number of aryl methyl sites for hydroxylation is 2. The number of hydrogen-bond donors (Lipinski definition) is 1. The number of nitrogens with zero attached hydrogens (tertiary/aromatic N) is 3. The highest BCUT2D eigenvalue weighted by molar-refractivity contribution is 5.93. The molecule has 0 saturated carbocycles. The Bertz CT molecular complexity index is 700. The standard InChI is InChI=1S/C19H26N4O/c1-14-19(15(2)22(3)21-14)20-18(24)13-23-11-9-17(10-12-23)16-7-5-4-6-8-16/h4-8,17H,9-13H2,1-3H3,(H,20,24). The number of rotatable bonds is 4. The van der Waals surface area contributed by atoms with E-state index in [1.54, 1.807) is 4.68 Å². The summed E-state index contributed by atoms with van der Waals surface area (Å²) in [4.78, 5) is 14.6. The molecule has 1 saturated heterocycles. The van der Waals surface area contributed by atoms with E-state index in [4.69, 9.17) is 0 Å². The molecule has 1 N–H and O–H groups in total. The Kier molecular flexibility index (Phi) is 5.00. The van der Waals surface area contributed by atoms with Crippen LogP contribution in [0, 0.1) is 13.8 Å². The second-order valence-electron chi connectivity index (χ2n) is 6.68. The second kappa shape index (κ2) is 7.18. The number of piperidine rings is 1. The summed E-state index contributed by atoms with van der Waals surface area (Å²) in [5.41, 5.74) is 4.12. The first-order chi connectivity index (χ1) is 11.5. The van der Waals surface area contributed by atoms with Crippen molar-refractivity contribution in [3.63, 3.8) is 0 Å². The van der Waals surface area contributed by atoms with E-state index in [2.05, 4.69) is 45.6 Å². The molecule has 2 heterocycles. The molecule has 2 aromatic rings. The molecular weight excluding hydrogens is 300 g/mol. The largest absolute Gasteiger partial charge is 0.322 e. The first-order valence-corrected chi connectivity index (χ1v) is 8.62. The number of carbonyl (C=O) groups is 1. The maximum atomic E-state index is 12.4. The smallest absolute Gasteiger partial charge is 0.238 e. The van der Waals surface area contributed by atoms with Crippen LogP contribution in [0.1, 0.15) is 35.7 Å². The lowest BCUT2D eigenvalue weighted by molar-refractivity contribution is -0.117. The molecule has 1 aromatic carbocycles. The number of carbonyl (C=O) groups excluding carboxylic acids is 1. The van der Waals surface area contributed by atoms with Gasteiger partial charge < -0.3 is 5.32 Å². The van der Waals surface area contributed by atoms with Gasteiger partial charge in [0.2, 0.25) is 5.91 Å². The molecule has 1 aliphatic rings. The van der Waals surface area contributed by atoms with Crippen LogP contribution in [-0.2, 0) is 11.8 Å². The summed E-state index contributed by atoms with van der Waals surface area (Å²) in [6.07, 6.45) is 2.23. The molecule has 1 aliphatic heterocycles. The maximum absolute atomic E-state index is 12.4. The van der Waals surface area contributed by atoms with Crippen LogP contribution < -0.4 is 5.32 Å². The fraction of sp³-hybridized carbons (Fsp3) is 0.474. The molecular formula is C19H26N4O. The van der Waals surface area contributed by atoms with Crippen molar-refractivity contribution in [1.82, 2.24) is 14.7 Å². The number of likely N-dealkylation sites (tertiary alicyclic amines) is 1. The van der Waals surface area contributed by atoms with Crippen molar-refractivity contribution in [3.05, 3.63) is 47.3 Å². The second-order valence-corrected chi connectivity index (χ2v) is 6.68. The van der Waals surface area contributed by atoms with Gasteiger partial charge in [-0.2, -0.15) is 5.10 Å². The van der Waals surface area contributed by atoms with Crippen molar-refractivity contribution in [2.75, 3.05) is 25.0 Å². The number of hydrogen-bond acceptors (Lipinski definition) is 3. The third-order valence-electron chi connectivity index (χ3n) is 5.00. The number of anilines is 1. The summed E-state index contributed by atoms with van der Waals surface area (Å²) < 4.78 is 1.80. The average Bonchev–Trinajstić information content (AvgIpc) is 2.82. The number of benzene rings is 1. The van der Waals surface area contributed by atoms with Gasteiger partial charge in [0.05, 0.1) is 23.6 Å². The van der Waals surface area contributed by atoms with Crippen molar-refractivity contribution in [2.45, 2.75) is 32.6 Å². The topological polar surface area (TPSA) is 50.2 Å².